The highest BCUT2D eigenvalue weighted by molar-refractivity contribution is 5.82. The molecule has 1 unspecified atom stereocenters. The van der Waals surface area contributed by atoms with Crippen LogP contribution in [0.15, 0.2) is 24.3 Å². The molecule has 3 heteroatoms. The van der Waals surface area contributed by atoms with E-state index >= 15 is 0 Å². The highest BCUT2D eigenvalue weighted by Crippen LogP contribution is 2.30. The Bertz CT molecular complexity index is 373. The number of esters is 1. The van der Waals surface area contributed by atoms with Crippen LogP contribution < -0.4 is 0 Å². The molecule has 0 aromatic heterocycles. The fourth-order valence-electron chi connectivity index (χ4n) is 1.61. The van der Waals surface area contributed by atoms with E-state index < -0.39 is 5.41 Å². The van der Waals surface area contributed by atoms with Gasteiger partial charge >= 0.3 is 5.97 Å². The molecule has 3 nitrogen and oxygen atoms in total. The monoisotopic (exact) mass is 222 g/mol. The zero-order valence-electron chi connectivity index (χ0n) is 9.99. The second kappa shape index (κ2) is 5.01. The minimum atomic E-state index is -0.686. The van der Waals surface area contributed by atoms with Gasteiger partial charge in [-0.1, -0.05) is 19.1 Å². The number of phenolic OH excluding ortho intramolecular Hbond substituents is 1. The largest absolute Gasteiger partial charge is 0.508 e. The fraction of sp³-hybridized carbons (Fsp3) is 0.462. The lowest BCUT2D eigenvalue weighted by Crippen LogP contribution is -2.33. The molecule has 0 saturated carbocycles. The normalized spacial score (nSPS) is 14.2. The quantitative estimate of drug-likeness (QED) is 0.796. The first-order valence-electron chi connectivity index (χ1n) is 5.51. The summed E-state index contributed by atoms with van der Waals surface area (Å²) in [6.45, 7) is 5.92. The average Bonchev–Trinajstić information content (AvgIpc) is 2.28. The lowest BCUT2D eigenvalue weighted by molar-refractivity contribution is -0.149. The van der Waals surface area contributed by atoms with Gasteiger partial charge in [0.2, 0.25) is 0 Å². The van der Waals surface area contributed by atoms with Crippen molar-refractivity contribution in [3.8, 4) is 5.75 Å². The summed E-state index contributed by atoms with van der Waals surface area (Å²) in [5, 5.41) is 9.43. The van der Waals surface area contributed by atoms with Crippen molar-refractivity contribution in [2.75, 3.05) is 6.61 Å². The minimum Gasteiger partial charge on any atom is -0.508 e. The predicted molar refractivity (Wildman–Crippen MR) is 62.4 cm³/mol. The zero-order chi connectivity index (χ0) is 12.2. The molecule has 0 saturated heterocycles. The number of benzene rings is 1. The molecular weight excluding hydrogens is 204 g/mol. The van der Waals surface area contributed by atoms with E-state index in [1.807, 2.05) is 19.9 Å². The molecule has 0 aliphatic rings. The van der Waals surface area contributed by atoms with Crippen molar-refractivity contribution in [2.45, 2.75) is 32.6 Å². The average molecular weight is 222 g/mol. The highest BCUT2D eigenvalue weighted by Gasteiger charge is 2.34. The second-order valence-corrected chi connectivity index (χ2v) is 3.96. The lowest BCUT2D eigenvalue weighted by atomic mass is 9.80. The maximum absolute atomic E-state index is 11.9. The number of carbonyl (C=O) groups excluding carboxylic acids is 1. The Labute approximate surface area is 96.1 Å². The van der Waals surface area contributed by atoms with Crippen LogP contribution in [0.3, 0.4) is 0 Å². The molecule has 0 aliphatic carbocycles. The van der Waals surface area contributed by atoms with Gasteiger partial charge < -0.3 is 9.84 Å². The minimum absolute atomic E-state index is 0.168. The maximum Gasteiger partial charge on any atom is 0.316 e. The Morgan fingerprint density at radius 3 is 2.62 bits per heavy atom. The molecule has 0 amide bonds. The van der Waals surface area contributed by atoms with Crippen molar-refractivity contribution in [1.82, 2.24) is 0 Å². The van der Waals surface area contributed by atoms with Crippen LogP contribution in [0.4, 0.5) is 0 Å². The van der Waals surface area contributed by atoms with Crippen molar-refractivity contribution in [2.24, 2.45) is 0 Å². The van der Waals surface area contributed by atoms with Gasteiger partial charge in [0.25, 0.3) is 0 Å². The number of carbonyl (C=O) groups is 1. The molecule has 0 spiro atoms. The van der Waals surface area contributed by atoms with Crippen LogP contribution >= 0.6 is 0 Å². The van der Waals surface area contributed by atoms with Gasteiger partial charge in [0.1, 0.15) is 5.75 Å². The SMILES string of the molecule is CCOC(=O)C(C)(CC)c1cccc(O)c1. The topological polar surface area (TPSA) is 46.5 Å². The molecule has 1 rings (SSSR count). The molecule has 0 fully saturated rings. The number of hydrogen-bond acceptors (Lipinski definition) is 3. The first kappa shape index (κ1) is 12.6. The van der Waals surface area contributed by atoms with E-state index in [2.05, 4.69) is 0 Å². The lowest BCUT2D eigenvalue weighted by Gasteiger charge is -2.26. The van der Waals surface area contributed by atoms with Crippen molar-refractivity contribution in [1.29, 1.82) is 0 Å². The van der Waals surface area contributed by atoms with E-state index in [0.717, 1.165) is 5.56 Å². The Kier molecular flexibility index (Phi) is 3.93. The number of aromatic hydroxyl groups is 1. The third-order valence-corrected chi connectivity index (χ3v) is 2.92. The van der Waals surface area contributed by atoms with E-state index in [1.54, 1.807) is 25.1 Å². The summed E-state index contributed by atoms with van der Waals surface area (Å²) in [7, 11) is 0. The predicted octanol–water partition coefficient (Wildman–Crippen LogP) is 2.62. The Morgan fingerprint density at radius 2 is 2.12 bits per heavy atom. The van der Waals surface area contributed by atoms with Gasteiger partial charge in [-0.05, 0) is 38.0 Å². The molecule has 1 aromatic rings. The van der Waals surface area contributed by atoms with E-state index in [1.165, 1.54) is 0 Å². The molecular formula is C13H18O3. The standard InChI is InChI=1S/C13H18O3/c1-4-13(3,12(15)16-5-2)10-7-6-8-11(14)9-10/h6-9,14H,4-5H2,1-3H3. The van der Waals surface area contributed by atoms with E-state index in [9.17, 15) is 9.90 Å². The summed E-state index contributed by atoms with van der Waals surface area (Å²) in [5.41, 5.74) is 0.0998. The first-order chi connectivity index (χ1) is 7.54. The van der Waals surface area contributed by atoms with Crippen LogP contribution in [-0.4, -0.2) is 17.7 Å². The van der Waals surface area contributed by atoms with Crippen LogP contribution in [-0.2, 0) is 14.9 Å². The van der Waals surface area contributed by atoms with Crippen molar-refractivity contribution >= 4 is 5.97 Å². The number of rotatable bonds is 4. The van der Waals surface area contributed by atoms with E-state index in [0.29, 0.717) is 13.0 Å². The van der Waals surface area contributed by atoms with Gasteiger partial charge in [0.15, 0.2) is 0 Å². The Balaban J connectivity index is 3.09. The molecule has 16 heavy (non-hydrogen) atoms. The van der Waals surface area contributed by atoms with Crippen LogP contribution in [0, 0.1) is 0 Å². The van der Waals surface area contributed by atoms with E-state index in [-0.39, 0.29) is 11.7 Å². The van der Waals surface area contributed by atoms with Crippen molar-refractivity contribution < 1.29 is 14.6 Å². The smallest absolute Gasteiger partial charge is 0.316 e. The van der Waals surface area contributed by atoms with Crippen molar-refractivity contribution in [3.05, 3.63) is 29.8 Å². The zero-order valence-corrected chi connectivity index (χ0v) is 9.99. The molecule has 1 aromatic carbocycles. The van der Waals surface area contributed by atoms with Gasteiger partial charge in [-0.25, -0.2) is 0 Å². The van der Waals surface area contributed by atoms with Gasteiger partial charge in [0, 0.05) is 0 Å². The summed E-state index contributed by atoms with van der Waals surface area (Å²) >= 11 is 0. The van der Waals surface area contributed by atoms with Gasteiger partial charge in [0.05, 0.1) is 12.0 Å². The van der Waals surface area contributed by atoms with Gasteiger partial charge in [-0.15, -0.1) is 0 Å². The van der Waals surface area contributed by atoms with Gasteiger partial charge in [-0.2, -0.15) is 0 Å². The second-order valence-electron chi connectivity index (χ2n) is 3.96. The van der Waals surface area contributed by atoms with Crippen molar-refractivity contribution in [3.63, 3.8) is 0 Å². The number of phenols is 1. The number of ether oxygens (including phenoxy) is 1. The first-order valence-corrected chi connectivity index (χ1v) is 5.51. The van der Waals surface area contributed by atoms with Crippen LogP contribution in [0.2, 0.25) is 0 Å². The number of hydrogen-bond donors (Lipinski definition) is 1. The fourth-order valence-corrected chi connectivity index (χ4v) is 1.61. The molecule has 0 bridgehead atoms. The summed E-state index contributed by atoms with van der Waals surface area (Å²) in [6.07, 6.45) is 0.634. The summed E-state index contributed by atoms with van der Waals surface area (Å²) < 4.78 is 5.07. The summed E-state index contributed by atoms with van der Waals surface area (Å²) in [4.78, 5) is 11.9. The molecule has 1 N–H and O–H groups in total. The molecule has 1 atom stereocenters. The molecule has 0 radical (unpaired) electrons. The molecule has 88 valence electrons. The summed E-state index contributed by atoms with van der Waals surface area (Å²) in [5.74, 6) is -0.0791. The maximum atomic E-state index is 11.9. The highest BCUT2D eigenvalue weighted by atomic mass is 16.5. The Hall–Kier alpha value is -1.51. The van der Waals surface area contributed by atoms with E-state index in [4.69, 9.17) is 4.74 Å². The summed E-state index contributed by atoms with van der Waals surface area (Å²) in [6, 6.07) is 6.77. The van der Waals surface area contributed by atoms with Crippen LogP contribution in [0.1, 0.15) is 32.8 Å². The third kappa shape index (κ3) is 2.35. The molecule has 0 aliphatic heterocycles. The van der Waals surface area contributed by atoms with Gasteiger partial charge in [-0.3, -0.25) is 4.79 Å². The Morgan fingerprint density at radius 1 is 1.44 bits per heavy atom. The van der Waals surface area contributed by atoms with Crippen LogP contribution in [0.25, 0.3) is 0 Å². The third-order valence-electron chi connectivity index (χ3n) is 2.92. The van der Waals surface area contributed by atoms with Crippen LogP contribution in [0.5, 0.6) is 5.75 Å². The molecule has 0 heterocycles.